The van der Waals surface area contributed by atoms with Gasteiger partial charge in [-0.25, -0.2) is 13.1 Å². The van der Waals surface area contributed by atoms with Crippen molar-refractivity contribution in [3.8, 4) is 0 Å². The largest absolute Gasteiger partial charge is 0.215 e. The van der Waals surface area contributed by atoms with Crippen molar-refractivity contribution in [2.45, 2.75) is 19.3 Å². The Morgan fingerprint density at radius 3 is 2.83 bits per heavy atom. The molecular formula is C13H18ClNO2S. The second-order valence-corrected chi connectivity index (χ2v) is 7.15. The van der Waals surface area contributed by atoms with E-state index in [0.29, 0.717) is 18.3 Å². The van der Waals surface area contributed by atoms with Crippen LogP contribution < -0.4 is 4.72 Å². The van der Waals surface area contributed by atoms with E-state index in [1.165, 1.54) is 11.1 Å². The van der Waals surface area contributed by atoms with E-state index < -0.39 is 10.0 Å². The first-order valence-corrected chi connectivity index (χ1v) is 8.31. The predicted octanol–water partition coefficient (Wildman–Crippen LogP) is 2.12. The number of nitrogens with one attached hydrogen (secondary N) is 1. The lowest BCUT2D eigenvalue weighted by Crippen LogP contribution is -2.36. The Balaban J connectivity index is 1.87. The molecule has 0 spiro atoms. The van der Waals surface area contributed by atoms with E-state index in [2.05, 4.69) is 16.9 Å². The van der Waals surface area contributed by atoms with Crippen LogP contribution in [0.5, 0.6) is 0 Å². The summed E-state index contributed by atoms with van der Waals surface area (Å²) in [5.41, 5.74) is 2.60. The summed E-state index contributed by atoms with van der Waals surface area (Å²) in [6.07, 6.45) is 0.962. The van der Waals surface area contributed by atoms with E-state index in [1.807, 2.05) is 19.1 Å². The maximum Gasteiger partial charge on any atom is 0.211 e. The molecular weight excluding hydrogens is 270 g/mol. The summed E-state index contributed by atoms with van der Waals surface area (Å²) in [5.74, 6) is 0.776. The van der Waals surface area contributed by atoms with Crippen molar-refractivity contribution >= 4 is 21.6 Å². The van der Waals surface area contributed by atoms with E-state index >= 15 is 0 Å². The third-order valence-electron chi connectivity index (χ3n) is 3.28. The van der Waals surface area contributed by atoms with Crippen LogP contribution in [0.3, 0.4) is 0 Å². The van der Waals surface area contributed by atoms with Gasteiger partial charge in [-0.05, 0) is 23.5 Å². The van der Waals surface area contributed by atoms with Crippen LogP contribution in [-0.4, -0.2) is 26.6 Å². The molecule has 2 atom stereocenters. The van der Waals surface area contributed by atoms with Gasteiger partial charge in [-0.2, -0.15) is 0 Å². The third kappa shape index (κ3) is 3.25. The molecule has 2 rings (SSSR count). The quantitative estimate of drug-likeness (QED) is 0.815. The van der Waals surface area contributed by atoms with Crippen LogP contribution in [0.1, 0.15) is 24.0 Å². The Hall–Kier alpha value is -0.580. The standard InChI is InChI=1S/C13H18ClNO2S/c1-10(7-14)9-18(16,17)15-8-12-6-11-4-2-3-5-13(11)12/h2-5,10,12,15H,6-9H2,1H3. The van der Waals surface area contributed by atoms with Crippen LogP contribution in [-0.2, 0) is 16.4 Å². The molecule has 0 aliphatic heterocycles. The number of hydrogen-bond donors (Lipinski definition) is 1. The van der Waals surface area contributed by atoms with E-state index in [0.717, 1.165) is 6.42 Å². The first-order chi connectivity index (χ1) is 8.52. The van der Waals surface area contributed by atoms with Crippen molar-refractivity contribution in [1.29, 1.82) is 0 Å². The SMILES string of the molecule is CC(CCl)CS(=O)(=O)NCC1Cc2ccccc21. The van der Waals surface area contributed by atoms with Gasteiger partial charge >= 0.3 is 0 Å². The first kappa shape index (κ1) is 13.8. The molecule has 1 aromatic rings. The second kappa shape index (κ2) is 5.59. The van der Waals surface area contributed by atoms with Crippen LogP contribution in [0.2, 0.25) is 0 Å². The average molecular weight is 288 g/mol. The molecule has 0 saturated carbocycles. The zero-order valence-electron chi connectivity index (χ0n) is 10.4. The topological polar surface area (TPSA) is 46.2 Å². The highest BCUT2D eigenvalue weighted by Gasteiger charge is 2.26. The van der Waals surface area contributed by atoms with Crippen molar-refractivity contribution in [3.05, 3.63) is 35.4 Å². The molecule has 3 nitrogen and oxygen atoms in total. The van der Waals surface area contributed by atoms with Gasteiger partial charge in [0.25, 0.3) is 0 Å². The van der Waals surface area contributed by atoms with E-state index in [9.17, 15) is 8.42 Å². The lowest BCUT2D eigenvalue weighted by molar-refractivity contribution is 0.544. The van der Waals surface area contributed by atoms with Gasteiger partial charge in [-0.15, -0.1) is 11.6 Å². The Kier molecular flexibility index (Phi) is 4.30. The van der Waals surface area contributed by atoms with E-state index in [-0.39, 0.29) is 11.7 Å². The predicted molar refractivity (Wildman–Crippen MR) is 74.6 cm³/mol. The Labute approximate surface area is 114 Å². The number of alkyl halides is 1. The van der Waals surface area contributed by atoms with Gasteiger partial charge in [0.15, 0.2) is 0 Å². The number of hydrogen-bond acceptors (Lipinski definition) is 2. The zero-order chi connectivity index (χ0) is 13.2. The molecule has 0 saturated heterocycles. The van der Waals surface area contributed by atoms with Crippen LogP contribution in [0, 0.1) is 5.92 Å². The number of benzene rings is 1. The molecule has 2 unspecified atom stereocenters. The highest BCUT2D eigenvalue weighted by molar-refractivity contribution is 7.89. The van der Waals surface area contributed by atoms with Crippen molar-refractivity contribution < 1.29 is 8.42 Å². The molecule has 5 heteroatoms. The lowest BCUT2D eigenvalue weighted by atomic mass is 9.78. The minimum atomic E-state index is -3.20. The fourth-order valence-electron chi connectivity index (χ4n) is 2.25. The Morgan fingerprint density at radius 2 is 2.17 bits per heavy atom. The van der Waals surface area contributed by atoms with Crippen LogP contribution in [0.4, 0.5) is 0 Å². The molecule has 1 aliphatic carbocycles. The van der Waals surface area contributed by atoms with Crippen LogP contribution in [0.25, 0.3) is 0 Å². The molecule has 0 heterocycles. The molecule has 1 aromatic carbocycles. The second-order valence-electron chi connectivity index (χ2n) is 4.99. The summed E-state index contributed by atoms with van der Waals surface area (Å²) in [7, 11) is -3.20. The molecule has 100 valence electrons. The monoisotopic (exact) mass is 287 g/mol. The fraction of sp³-hybridized carbons (Fsp3) is 0.538. The van der Waals surface area contributed by atoms with Gasteiger partial charge in [0, 0.05) is 18.3 Å². The smallest absolute Gasteiger partial charge is 0.211 e. The summed E-state index contributed by atoms with van der Waals surface area (Å²) in [6.45, 7) is 2.33. The van der Waals surface area contributed by atoms with Crippen molar-refractivity contribution in [2.75, 3.05) is 18.2 Å². The average Bonchev–Trinajstić information content (AvgIpc) is 2.29. The molecule has 0 radical (unpaired) electrons. The van der Waals surface area contributed by atoms with Gasteiger partial charge < -0.3 is 0 Å². The molecule has 0 amide bonds. The number of halogens is 1. The van der Waals surface area contributed by atoms with Gasteiger partial charge in [-0.1, -0.05) is 31.2 Å². The summed E-state index contributed by atoms with van der Waals surface area (Å²) in [5, 5.41) is 0. The van der Waals surface area contributed by atoms with E-state index in [4.69, 9.17) is 11.6 Å². The van der Waals surface area contributed by atoms with Crippen LogP contribution in [0.15, 0.2) is 24.3 Å². The van der Waals surface area contributed by atoms with Crippen molar-refractivity contribution in [3.63, 3.8) is 0 Å². The molecule has 18 heavy (non-hydrogen) atoms. The maximum atomic E-state index is 11.8. The number of rotatable bonds is 6. The molecule has 0 fully saturated rings. The summed E-state index contributed by atoms with van der Waals surface area (Å²) < 4.78 is 26.3. The lowest BCUT2D eigenvalue weighted by Gasteiger charge is -2.30. The molecule has 0 aromatic heterocycles. The summed E-state index contributed by atoms with van der Waals surface area (Å²) in [4.78, 5) is 0. The molecule has 1 N–H and O–H groups in total. The minimum Gasteiger partial charge on any atom is -0.215 e. The normalized spacial score (nSPS) is 20.0. The van der Waals surface area contributed by atoms with Gasteiger partial charge in [-0.3, -0.25) is 0 Å². The van der Waals surface area contributed by atoms with Gasteiger partial charge in [0.05, 0.1) is 5.75 Å². The number of fused-ring (bicyclic) bond motifs is 1. The first-order valence-electron chi connectivity index (χ1n) is 6.13. The fourth-order valence-corrected chi connectivity index (χ4v) is 3.93. The third-order valence-corrected chi connectivity index (χ3v) is 5.42. The highest BCUT2D eigenvalue weighted by Crippen LogP contribution is 2.34. The van der Waals surface area contributed by atoms with Gasteiger partial charge in [0.2, 0.25) is 10.0 Å². The maximum absolute atomic E-state index is 11.8. The van der Waals surface area contributed by atoms with Crippen LogP contribution >= 0.6 is 11.6 Å². The summed E-state index contributed by atoms with van der Waals surface area (Å²) >= 11 is 5.63. The molecule has 1 aliphatic rings. The zero-order valence-corrected chi connectivity index (χ0v) is 12.0. The van der Waals surface area contributed by atoms with E-state index in [1.54, 1.807) is 0 Å². The highest BCUT2D eigenvalue weighted by atomic mass is 35.5. The molecule has 0 bridgehead atoms. The minimum absolute atomic E-state index is 0.0159. The van der Waals surface area contributed by atoms with Crippen molar-refractivity contribution in [1.82, 2.24) is 4.72 Å². The Bertz CT molecular complexity index is 515. The number of sulfonamides is 1. The summed E-state index contributed by atoms with van der Waals surface area (Å²) in [6, 6.07) is 8.17. The Morgan fingerprint density at radius 1 is 1.44 bits per heavy atom. The van der Waals surface area contributed by atoms with Gasteiger partial charge in [0.1, 0.15) is 0 Å². The van der Waals surface area contributed by atoms with Crippen molar-refractivity contribution in [2.24, 2.45) is 5.92 Å².